The van der Waals surface area contributed by atoms with E-state index in [1.165, 1.54) is 13.8 Å². The fraction of sp³-hybridized carbons (Fsp3) is 0.421. The molecule has 1 aromatic carbocycles. The molecule has 0 aliphatic carbocycles. The van der Waals surface area contributed by atoms with E-state index in [1.807, 2.05) is 0 Å². The van der Waals surface area contributed by atoms with Crippen molar-refractivity contribution in [1.29, 1.82) is 0 Å². The molecule has 26 heavy (non-hydrogen) atoms. The Morgan fingerprint density at radius 2 is 1.77 bits per heavy atom. The third kappa shape index (κ3) is 6.93. The number of esters is 1. The van der Waals surface area contributed by atoms with Gasteiger partial charge in [-0.3, -0.25) is 4.79 Å². The molecule has 2 unspecified atom stereocenters. The molecule has 1 rings (SSSR count). The van der Waals surface area contributed by atoms with Crippen molar-refractivity contribution < 1.29 is 22.7 Å². The molecule has 1 aromatic rings. The average molecular weight is 407 g/mol. The number of benzene rings is 1. The van der Waals surface area contributed by atoms with Crippen LogP contribution in [0.3, 0.4) is 0 Å². The van der Waals surface area contributed by atoms with Crippen LogP contribution in [0.5, 0.6) is 0 Å². The first-order valence-electron chi connectivity index (χ1n) is 7.83. The highest BCUT2D eigenvalue weighted by molar-refractivity contribution is 6.55. The van der Waals surface area contributed by atoms with Gasteiger partial charge in [-0.2, -0.15) is 13.2 Å². The molecule has 142 valence electrons. The third-order valence-electron chi connectivity index (χ3n) is 3.77. The largest absolute Gasteiger partial charge is 0.461 e. The number of carbonyl (C=O) groups excluding carboxylic acids is 1. The van der Waals surface area contributed by atoms with E-state index < -0.39 is 34.4 Å². The fourth-order valence-electron chi connectivity index (χ4n) is 2.49. The van der Waals surface area contributed by atoms with E-state index >= 15 is 0 Å². The lowest BCUT2D eigenvalue weighted by Gasteiger charge is -2.28. The zero-order chi connectivity index (χ0) is 19.9. The van der Waals surface area contributed by atoms with Crippen molar-refractivity contribution in [2.24, 2.45) is 17.8 Å². The predicted molar refractivity (Wildman–Crippen MR) is 96.4 cm³/mol. The molecule has 2 nitrogen and oxygen atoms in total. The second kappa shape index (κ2) is 9.89. The van der Waals surface area contributed by atoms with Crippen LogP contribution in [-0.2, 0) is 22.6 Å². The molecule has 0 aliphatic rings. The molecule has 0 heterocycles. The van der Waals surface area contributed by atoms with E-state index in [2.05, 4.69) is 5.92 Å². The molecule has 0 aliphatic heterocycles. The summed E-state index contributed by atoms with van der Waals surface area (Å²) >= 11 is 10.8. The molecule has 7 heteroatoms. The zero-order valence-electron chi connectivity index (χ0n) is 14.3. The van der Waals surface area contributed by atoms with Crippen LogP contribution < -0.4 is 0 Å². The molecular weight excluding hydrogens is 388 g/mol. The third-order valence-corrected chi connectivity index (χ3v) is 4.02. The lowest BCUT2D eigenvalue weighted by atomic mass is 9.83. The molecule has 0 amide bonds. The van der Waals surface area contributed by atoms with E-state index in [1.54, 1.807) is 24.3 Å². The summed E-state index contributed by atoms with van der Waals surface area (Å²) in [7, 11) is 0. The van der Waals surface area contributed by atoms with Gasteiger partial charge >= 0.3 is 12.1 Å². The van der Waals surface area contributed by atoms with Crippen LogP contribution in [0, 0.1) is 30.1 Å². The molecule has 0 N–H and O–H groups in total. The van der Waals surface area contributed by atoms with Crippen LogP contribution in [0.25, 0.3) is 0 Å². The van der Waals surface area contributed by atoms with Gasteiger partial charge in [0.05, 0.1) is 11.8 Å². The summed E-state index contributed by atoms with van der Waals surface area (Å²) in [6, 6.07) is 6.97. The Kier molecular flexibility index (Phi) is 8.52. The monoisotopic (exact) mass is 406 g/mol. The molecule has 0 spiro atoms. The molecule has 0 saturated carbocycles. The van der Waals surface area contributed by atoms with Gasteiger partial charge in [-0.25, -0.2) is 0 Å². The number of alkyl halides is 3. The van der Waals surface area contributed by atoms with Crippen LogP contribution in [0.15, 0.2) is 34.8 Å². The van der Waals surface area contributed by atoms with Crippen molar-refractivity contribution in [3.05, 3.63) is 46.0 Å². The number of terminal acetylenes is 1. The van der Waals surface area contributed by atoms with E-state index in [0.717, 1.165) is 5.56 Å². The van der Waals surface area contributed by atoms with Crippen LogP contribution in [0.2, 0.25) is 0 Å². The van der Waals surface area contributed by atoms with Gasteiger partial charge in [0.25, 0.3) is 0 Å². The minimum absolute atomic E-state index is 0.138. The number of allylic oxidation sites excluding steroid dienone is 1. The van der Waals surface area contributed by atoms with E-state index in [9.17, 15) is 18.0 Å². The van der Waals surface area contributed by atoms with E-state index in [0.29, 0.717) is 18.1 Å². The predicted octanol–water partition coefficient (Wildman–Crippen LogP) is 5.68. The number of hydrogen-bond acceptors (Lipinski definition) is 2. The maximum Gasteiger partial charge on any atom is 0.396 e. The SMILES string of the molecule is C#CCc1ccc(COC(=O)C(C(C)C)C(C=C(Cl)Cl)C(F)(F)F)cc1. The molecule has 0 radical (unpaired) electrons. The number of carbonyl (C=O) groups is 1. The number of hydrogen-bond donors (Lipinski definition) is 0. The quantitative estimate of drug-likeness (QED) is 0.430. The van der Waals surface area contributed by atoms with E-state index in [-0.39, 0.29) is 6.61 Å². The fourth-order valence-corrected chi connectivity index (χ4v) is 2.76. The first-order valence-corrected chi connectivity index (χ1v) is 8.59. The van der Waals surface area contributed by atoms with Crippen LogP contribution >= 0.6 is 23.2 Å². The molecule has 0 saturated heterocycles. The van der Waals surface area contributed by atoms with Gasteiger partial charge in [0, 0.05) is 6.42 Å². The Bertz CT molecular complexity index is 670. The highest BCUT2D eigenvalue weighted by atomic mass is 35.5. The van der Waals surface area contributed by atoms with Crippen LogP contribution in [-0.4, -0.2) is 12.1 Å². The van der Waals surface area contributed by atoms with Gasteiger partial charge in [0.2, 0.25) is 0 Å². The number of rotatable bonds is 7. The van der Waals surface area contributed by atoms with Gasteiger partial charge in [-0.15, -0.1) is 12.3 Å². The smallest absolute Gasteiger partial charge is 0.396 e. The lowest BCUT2D eigenvalue weighted by molar-refractivity contribution is -0.191. The minimum atomic E-state index is -4.68. The molecular formula is C19H19Cl2F3O2. The van der Waals surface area contributed by atoms with Gasteiger partial charge in [0.15, 0.2) is 0 Å². The van der Waals surface area contributed by atoms with Crippen molar-refractivity contribution in [2.75, 3.05) is 0 Å². The maximum atomic E-state index is 13.3. The van der Waals surface area contributed by atoms with Gasteiger partial charge in [-0.05, 0) is 23.1 Å². The van der Waals surface area contributed by atoms with Crippen LogP contribution in [0.4, 0.5) is 13.2 Å². The number of ether oxygens (including phenoxy) is 1. The Labute approximate surface area is 161 Å². The Balaban J connectivity index is 2.91. The molecule has 2 atom stereocenters. The van der Waals surface area contributed by atoms with Gasteiger partial charge < -0.3 is 4.74 Å². The summed E-state index contributed by atoms with van der Waals surface area (Å²) < 4.78 is 44.6. The molecule has 0 fully saturated rings. The van der Waals surface area contributed by atoms with Gasteiger partial charge in [-0.1, -0.05) is 61.3 Å². The topological polar surface area (TPSA) is 26.3 Å². The highest BCUT2D eigenvalue weighted by Gasteiger charge is 2.48. The average Bonchev–Trinajstić information content (AvgIpc) is 2.52. The first-order chi connectivity index (χ1) is 12.1. The van der Waals surface area contributed by atoms with Crippen molar-refractivity contribution >= 4 is 29.2 Å². The molecule has 0 bridgehead atoms. The summed E-state index contributed by atoms with van der Waals surface area (Å²) in [5.41, 5.74) is 1.57. The zero-order valence-corrected chi connectivity index (χ0v) is 15.8. The van der Waals surface area contributed by atoms with Crippen LogP contribution in [0.1, 0.15) is 25.0 Å². The van der Waals surface area contributed by atoms with Crippen molar-refractivity contribution in [2.45, 2.75) is 33.1 Å². The summed E-state index contributed by atoms with van der Waals surface area (Å²) in [6.45, 7) is 2.88. The normalized spacial score (nSPS) is 13.7. The minimum Gasteiger partial charge on any atom is -0.461 e. The summed E-state index contributed by atoms with van der Waals surface area (Å²) in [5, 5.41) is 0. The Hall–Kier alpha value is -1.64. The highest BCUT2D eigenvalue weighted by Crippen LogP contribution is 2.39. The second-order valence-corrected chi connectivity index (χ2v) is 7.11. The number of halogens is 5. The maximum absolute atomic E-state index is 13.3. The van der Waals surface area contributed by atoms with Crippen molar-refractivity contribution in [3.63, 3.8) is 0 Å². The summed E-state index contributed by atoms with van der Waals surface area (Å²) in [4.78, 5) is 12.3. The lowest BCUT2D eigenvalue weighted by Crippen LogP contribution is -2.37. The first kappa shape index (κ1) is 22.4. The van der Waals surface area contributed by atoms with Gasteiger partial charge in [0.1, 0.15) is 11.1 Å². The standard InChI is InChI=1S/C19H19Cl2F3O2/c1-4-5-13-6-8-14(9-7-13)11-26-18(25)17(12(2)3)15(10-16(20)21)19(22,23)24/h1,6-10,12,15,17H,5,11H2,2-3H3. The van der Waals surface area contributed by atoms with E-state index in [4.69, 9.17) is 34.4 Å². The Morgan fingerprint density at radius 3 is 2.19 bits per heavy atom. The summed E-state index contributed by atoms with van der Waals surface area (Å²) in [6.07, 6.45) is 1.64. The molecule has 0 aromatic heterocycles. The Morgan fingerprint density at radius 1 is 1.23 bits per heavy atom. The second-order valence-electron chi connectivity index (χ2n) is 6.10. The van der Waals surface area contributed by atoms with Crippen molar-refractivity contribution in [3.8, 4) is 12.3 Å². The van der Waals surface area contributed by atoms with Crippen molar-refractivity contribution in [1.82, 2.24) is 0 Å². The summed E-state index contributed by atoms with van der Waals surface area (Å²) in [5.74, 6) is -2.66.